The summed E-state index contributed by atoms with van der Waals surface area (Å²) < 4.78 is 9.90. The van der Waals surface area contributed by atoms with Crippen LogP contribution in [0.15, 0.2) is 18.2 Å². The molecule has 0 fully saturated rings. The lowest BCUT2D eigenvalue weighted by Gasteiger charge is -2.14. The van der Waals surface area contributed by atoms with Gasteiger partial charge in [-0.25, -0.2) is 0 Å². The number of rotatable bonds is 5. The Balaban J connectivity index is 2.81. The summed E-state index contributed by atoms with van der Waals surface area (Å²) in [6.07, 6.45) is 0. The first-order valence-corrected chi connectivity index (χ1v) is 5.35. The van der Waals surface area contributed by atoms with E-state index in [9.17, 15) is 4.79 Å². The van der Waals surface area contributed by atoms with Crippen molar-refractivity contribution >= 4 is 23.2 Å². The van der Waals surface area contributed by atoms with Crippen molar-refractivity contribution in [2.45, 2.75) is 6.04 Å². The molecule has 0 radical (unpaired) electrons. The molecule has 0 aliphatic carbocycles. The van der Waals surface area contributed by atoms with Gasteiger partial charge in [0.05, 0.1) is 24.4 Å². The van der Waals surface area contributed by atoms with Gasteiger partial charge in [0.15, 0.2) is 5.75 Å². The number of halogens is 1. The van der Waals surface area contributed by atoms with Crippen molar-refractivity contribution in [3.63, 3.8) is 0 Å². The van der Waals surface area contributed by atoms with Gasteiger partial charge in [-0.15, -0.1) is 0 Å². The molecule has 1 aromatic rings. The number of nitrogens with one attached hydrogen (secondary N) is 1. The summed E-state index contributed by atoms with van der Waals surface area (Å²) in [6, 6.07) is 4.33. The lowest BCUT2D eigenvalue weighted by atomic mass is 10.2. The molecule has 5 nitrogen and oxygen atoms in total. The summed E-state index contributed by atoms with van der Waals surface area (Å²) in [5, 5.41) is 3.06. The van der Waals surface area contributed by atoms with Crippen molar-refractivity contribution in [1.29, 1.82) is 0 Å². The Morgan fingerprint density at radius 2 is 2.24 bits per heavy atom. The van der Waals surface area contributed by atoms with Gasteiger partial charge in [-0.3, -0.25) is 4.79 Å². The monoisotopic (exact) mass is 258 g/mol. The fourth-order valence-electron chi connectivity index (χ4n) is 1.30. The van der Waals surface area contributed by atoms with Crippen LogP contribution in [0.2, 0.25) is 5.02 Å². The van der Waals surface area contributed by atoms with Gasteiger partial charge < -0.3 is 20.5 Å². The Hall–Kier alpha value is -1.30. The van der Waals surface area contributed by atoms with E-state index in [2.05, 4.69) is 5.32 Å². The molecule has 1 rings (SSSR count). The molecule has 1 unspecified atom stereocenters. The molecule has 0 saturated heterocycles. The van der Waals surface area contributed by atoms with E-state index in [0.717, 1.165) is 0 Å². The number of para-hydroxylation sites is 1. The molecular formula is C11H15ClN2O3. The second-order valence-corrected chi connectivity index (χ2v) is 3.78. The standard InChI is InChI=1S/C11H15ClN2O3/c1-16-6-8(13)11(15)14-9-5-3-4-7(12)10(9)17-2/h3-5,8H,6,13H2,1-2H3,(H,14,15). The topological polar surface area (TPSA) is 73.6 Å². The van der Waals surface area contributed by atoms with Gasteiger partial charge in [-0.05, 0) is 12.1 Å². The number of amides is 1. The van der Waals surface area contributed by atoms with Crippen LogP contribution < -0.4 is 15.8 Å². The van der Waals surface area contributed by atoms with E-state index in [1.54, 1.807) is 18.2 Å². The molecule has 0 aliphatic heterocycles. The summed E-state index contributed by atoms with van der Waals surface area (Å²) in [6.45, 7) is 0.148. The maximum absolute atomic E-state index is 11.7. The van der Waals surface area contributed by atoms with Crippen LogP contribution in [0.4, 0.5) is 5.69 Å². The van der Waals surface area contributed by atoms with Gasteiger partial charge in [-0.1, -0.05) is 17.7 Å². The highest BCUT2D eigenvalue weighted by Crippen LogP contribution is 2.32. The molecule has 0 aliphatic rings. The summed E-state index contributed by atoms with van der Waals surface area (Å²) in [5.41, 5.74) is 6.08. The highest BCUT2D eigenvalue weighted by Gasteiger charge is 2.16. The second kappa shape index (κ2) is 6.44. The molecule has 17 heavy (non-hydrogen) atoms. The van der Waals surface area contributed by atoms with Crippen LogP contribution in [0.1, 0.15) is 0 Å². The van der Waals surface area contributed by atoms with Crippen LogP contribution in [0.25, 0.3) is 0 Å². The average molecular weight is 259 g/mol. The molecule has 0 spiro atoms. The second-order valence-electron chi connectivity index (χ2n) is 3.37. The normalized spacial score (nSPS) is 12.0. The Morgan fingerprint density at radius 3 is 2.82 bits per heavy atom. The highest BCUT2D eigenvalue weighted by molar-refractivity contribution is 6.32. The Kier molecular flexibility index (Phi) is 5.21. The third-order valence-electron chi connectivity index (χ3n) is 2.11. The number of nitrogens with two attached hydrogens (primary N) is 1. The van der Waals surface area contributed by atoms with Gasteiger partial charge in [0.1, 0.15) is 6.04 Å². The minimum atomic E-state index is -0.733. The van der Waals surface area contributed by atoms with Gasteiger partial charge in [0.2, 0.25) is 5.91 Å². The van der Waals surface area contributed by atoms with Crippen LogP contribution >= 0.6 is 11.6 Å². The lowest BCUT2D eigenvalue weighted by molar-refractivity contribution is -0.118. The van der Waals surface area contributed by atoms with E-state index < -0.39 is 6.04 Å². The fourth-order valence-corrected chi connectivity index (χ4v) is 1.55. The van der Waals surface area contributed by atoms with Crippen molar-refractivity contribution in [3.05, 3.63) is 23.2 Å². The summed E-state index contributed by atoms with van der Waals surface area (Å²) in [4.78, 5) is 11.7. The number of ether oxygens (including phenoxy) is 2. The number of methoxy groups -OCH3 is 2. The van der Waals surface area contributed by atoms with E-state index >= 15 is 0 Å². The average Bonchev–Trinajstić information content (AvgIpc) is 2.29. The Morgan fingerprint density at radius 1 is 1.53 bits per heavy atom. The third kappa shape index (κ3) is 3.59. The summed E-state index contributed by atoms with van der Waals surface area (Å²) in [7, 11) is 2.96. The van der Waals surface area contributed by atoms with Crippen molar-refractivity contribution in [2.75, 3.05) is 26.1 Å². The van der Waals surface area contributed by atoms with Crippen molar-refractivity contribution in [3.8, 4) is 5.75 Å². The number of benzene rings is 1. The van der Waals surface area contributed by atoms with Crippen molar-refractivity contribution < 1.29 is 14.3 Å². The summed E-state index contributed by atoms with van der Waals surface area (Å²) >= 11 is 5.92. The zero-order valence-corrected chi connectivity index (χ0v) is 10.5. The van der Waals surface area contributed by atoms with Crippen LogP contribution in [0.3, 0.4) is 0 Å². The molecule has 1 atom stereocenters. The molecule has 1 amide bonds. The quantitative estimate of drug-likeness (QED) is 0.834. The molecular weight excluding hydrogens is 244 g/mol. The molecule has 6 heteroatoms. The first kappa shape index (κ1) is 13.8. The van der Waals surface area contributed by atoms with Crippen molar-refractivity contribution in [2.24, 2.45) is 5.73 Å². The van der Waals surface area contributed by atoms with Crippen LogP contribution in [0, 0.1) is 0 Å². The van der Waals surface area contributed by atoms with E-state index in [0.29, 0.717) is 16.5 Å². The van der Waals surface area contributed by atoms with E-state index in [1.807, 2.05) is 0 Å². The number of hydrogen-bond acceptors (Lipinski definition) is 4. The number of hydrogen-bond donors (Lipinski definition) is 2. The van der Waals surface area contributed by atoms with Gasteiger partial charge in [-0.2, -0.15) is 0 Å². The predicted molar refractivity (Wildman–Crippen MR) is 66.5 cm³/mol. The zero-order valence-electron chi connectivity index (χ0n) is 9.70. The van der Waals surface area contributed by atoms with E-state index in [4.69, 9.17) is 26.8 Å². The predicted octanol–water partition coefficient (Wildman–Crippen LogP) is 1.26. The van der Waals surface area contributed by atoms with Crippen LogP contribution in [-0.2, 0) is 9.53 Å². The molecule has 0 saturated carbocycles. The number of anilines is 1. The molecule has 0 aromatic heterocycles. The Bertz CT molecular complexity index is 398. The number of carbonyl (C=O) groups excluding carboxylic acids is 1. The first-order chi connectivity index (χ1) is 8.10. The minimum absolute atomic E-state index is 0.148. The maximum atomic E-state index is 11.7. The van der Waals surface area contributed by atoms with Crippen molar-refractivity contribution in [1.82, 2.24) is 0 Å². The smallest absolute Gasteiger partial charge is 0.243 e. The molecule has 0 bridgehead atoms. The van der Waals surface area contributed by atoms with E-state index in [-0.39, 0.29) is 12.5 Å². The zero-order chi connectivity index (χ0) is 12.8. The summed E-state index contributed by atoms with van der Waals surface area (Å²) in [5.74, 6) is 0.0551. The highest BCUT2D eigenvalue weighted by atomic mass is 35.5. The van der Waals surface area contributed by atoms with Gasteiger partial charge in [0.25, 0.3) is 0 Å². The SMILES string of the molecule is COCC(N)C(=O)Nc1cccc(Cl)c1OC. The fraction of sp³-hybridized carbons (Fsp3) is 0.364. The van der Waals surface area contributed by atoms with Gasteiger partial charge >= 0.3 is 0 Å². The lowest BCUT2D eigenvalue weighted by Crippen LogP contribution is -2.39. The number of carbonyl (C=O) groups is 1. The molecule has 0 heterocycles. The molecule has 3 N–H and O–H groups in total. The molecule has 1 aromatic carbocycles. The van der Waals surface area contributed by atoms with E-state index in [1.165, 1.54) is 14.2 Å². The molecule has 94 valence electrons. The largest absolute Gasteiger partial charge is 0.493 e. The van der Waals surface area contributed by atoms with Gasteiger partial charge in [0, 0.05) is 7.11 Å². The maximum Gasteiger partial charge on any atom is 0.243 e. The first-order valence-electron chi connectivity index (χ1n) is 4.98. The van der Waals surface area contributed by atoms with Crippen LogP contribution in [0.5, 0.6) is 5.75 Å². The van der Waals surface area contributed by atoms with Crippen LogP contribution in [-0.4, -0.2) is 32.8 Å². The Labute approximate surface area is 105 Å². The third-order valence-corrected chi connectivity index (χ3v) is 2.41. The minimum Gasteiger partial charge on any atom is -0.493 e.